The van der Waals surface area contributed by atoms with Crippen LogP contribution in [-0.4, -0.2) is 71.6 Å². The number of fused-ring (bicyclic) bond motifs is 3. The van der Waals surface area contributed by atoms with Gasteiger partial charge in [-0.15, -0.1) is 0 Å². The Morgan fingerprint density at radius 2 is 1.97 bits per heavy atom. The molecule has 4 heterocycles. The fourth-order valence-corrected chi connectivity index (χ4v) is 5.45. The molecule has 1 saturated heterocycles. The van der Waals surface area contributed by atoms with Crippen molar-refractivity contribution in [3.05, 3.63) is 60.3 Å². The molecule has 37 heavy (non-hydrogen) atoms. The van der Waals surface area contributed by atoms with E-state index in [0.717, 1.165) is 31.3 Å². The van der Waals surface area contributed by atoms with Crippen LogP contribution in [0.3, 0.4) is 0 Å². The Morgan fingerprint density at radius 3 is 2.78 bits per heavy atom. The molecule has 7 heteroatoms. The number of ether oxygens (including phenoxy) is 4. The lowest BCUT2D eigenvalue weighted by molar-refractivity contribution is -0.148. The third-order valence-corrected chi connectivity index (χ3v) is 7.44. The van der Waals surface area contributed by atoms with E-state index in [-0.39, 0.29) is 36.9 Å². The summed E-state index contributed by atoms with van der Waals surface area (Å²) in [6.07, 6.45) is 14.3. The van der Waals surface area contributed by atoms with E-state index in [0.29, 0.717) is 25.4 Å². The molecule has 7 nitrogen and oxygen atoms in total. The molecule has 0 spiro atoms. The van der Waals surface area contributed by atoms with Gasteiger partial charge in [-0.2, -0.15) is 0 Å². The number of esters is 1. The molecule has 0 unspecified atom stereocenters. The molecule has 0 aromatic carbocycles. The standard InChI is InChI=1S/C30H42O7/c1-19-12-13-34-23(15-19)10-11-25(31)27-18-28-30(37-28)26(32)17-21(3)14-20(2)16-24-8-4-6-22(35-24)7-5-9-29(33)36-27/h4-6,9-12,20,22-28,30-32H,3,7-8,13-18H2,1-2H3/b9-5-,11-10+/t20-,22-,23+,24+,25-,26-,27-,28-,30-/m0/s1. The third-order valence-electron chi connectivity index (χ3n) is 7.44. The predicted octanol–water partition coefficient (Wildman–Crippen LogP) is 4.11. The number of hydrogen-bond acceptors (Lipinski definition) is 7. The molecule has 4 rings (SSSR count). The van der Waals surface area contributed by atoms with E-state index < -0.39 is 24.3 Å². The monoisotopic (exact) mass is 514 g/mol. The van der Waals surface area contributed by atoms with Crippen LogP contribution in [-0.2, 0) is 23.7 Å². The van der Waals surface area contributed by atoms with Crippen LogP contribution in [0, 0.1) is 5.92 Å². The number of cyclic esters (lactones) is 1. The Hall–Kier alpha value is -2.03. The Kier molecular flexibility index (Phi) is 9.96. The van der Waals surface area contributed by atoms with Gasteiger partial charge in [0.1, 0.15) is 18.3 Å². The lowest BCUT2D eigenvalue weighted by atomic mass is 9.91. The minimum absolute atomic E-state index is 0.0863. The van der Waals surface area contributed by atoms with Gasteiger partial charge in [0.25, 0.3) is 0 Å². The smallest absolute Gasteiger partial charge is 0.330 e. The highest BCUT2D eigenvalue weighted by Crippen LogP contribution is 2.35. The molecule has 204 valence electrons. The van der Waals surface area contributed by atoms with Gasteiger partial charge in [-0.3, -0.25) is 0 Å². The molecule has 0 aliphatic carbocycles. The Morgan fingerprint density at radius 1 is 1.14 bits per heavy atom. The lowest BCUT2D eigenvalue weighted by Gasteiger charge is -2.28. The van der Waals surface area contributed by atoms with E-state index in [4.69, 9.17) is 18.9 Å². The van der Waals surface area contributed by atoms with Crippen molar-refractivity contribution >= 4 is 5.97 Å². The predicted molar refractivity (Wildman–Crippen MR) is 141 cm³/mol. The van der Waals surface area contributed by atoms with Gasteiger partial charge in [0.05, 0.1) is 37.1 Å². The minimum Gasteiger partial charge on any atom is -0.456 e. The maximum absolute atomic E-state index is 12.6. The van der Waals surface area contributed by atoms with Crippen molar-refractivity contribution in [2.24, 2.45) is 5.92 Å². The fraction of sp³-hybridized carbons (Fsp3) is 0.633. The third kappa shape index (κ3) is 8.76. The topological polar surface area (TPSA) is 97.8 Å². The summed E-state index contributed by atoms with van der Waals surface area (Å²) in [4.78, 5) is 12.6. The first-order chi connectivity index (χ1) is 17.8. The van der Waals surface area contributed by atoms with Crippen LogP contribution >= 0.6 is 0 Å². The van der Waals surface area contributed by atoms with E-state index in [9.17, 15) is 15.0 Å². The number of aliphatic hydroxyl groups is 2. The van der Waals surface area contributed by atoms with Gasteiger partial charge >= 0.3 is 5.97 Å². The van der Waals surface area contributed by atoms with Crippen molar-refractivity contribution < 1.29 is 34.0 Å². The van der Waals surface area contributed by atoms with Crippen molar-refractivity contribution in [3.8, 4) is 0 Å². The molecule has 4 aliphatic heterocycles. The van der Waals surface area contributed by atoms with Gasteiger partial charge in [0.2, 0.25) is 0 Å². The summed E-state index contributed by atoms with van der Waals surface area (Å²) in [6, 6.07) is 0. The average Bonchev–Trinajstić information content (AvgIpc) is 3.61. The number of epoxide rings is 1. The second-order valence-electron chi connectivity index (χ2n) is 11.0. The van der Waals surface area contributed by atoms with Crippen LogP contribution in [0.5, 0.6) is 0 Å². The molecular weight excluding hydrogens is 472 g/mol. The summed E-state index contributed by atoms with van der Waals surface area (Å²) in [7, 11) is 0. The number of carbonyl (C=O) groups is 1. The van der Waals surface area contributed by atoms with Crippen molar-refractivity contribution in [2.45, 2.75) is 108 Å². The van der Waals surface area contributed by atoms with Gasteiger partial charge in [-0.1, -0.05) is 61.1 Å². The zero-order valence-electron chi connectivity index (χ0n) is 22.0. The summed E-state index contributed by atoms with van der Waals surface area (Å²) in [6.45, 7) is 8.98. The van der Waals surface area contributed by atoms with E-state index in [2.05, 4.69) is 26.5 Å². The maximum Gasteiger partial charge on any atom is 0.330 e. The summed E-state index contributed by atoms with van der Waals surface area (Å²) >= 11 is 0. The Balaban J connectivity index is 1.44. The van der Waals surface area contributed by atoms with E-state index >= 15 is 0 Å². The summed E-state index contributed by atoms with van der Waals surface area (Å²) < 4.78 is 23.4. The summed E-state index contributed by atoms with van der Waals surface area (Å²) in [5.41, 5.74) is 2.23. The molecular formula is C30H42O7. The first-order valence-electron chi connectivity index (χ1n) is 13.6. The quantitative estimate of drug-likeness (QED) is 0.332. The number of aliphatic hydroxyl groups excluding tert-OH is 2. The fourth-order valence-electron chi connectivity index (χ4n) is 5.45. The normalized spacial score (nSPS) is 39.6. The zero-order chi connectivity index (χ0) is 26.4. The first-order valence-corrected chi connectivity index (χ1v) is 13.6. The van der Waals surface area contributed by atoms with Gasteiger partial charge in [0, 0.05) is 12.5 Å². The van der Waals surface area contributed by atoms with E-state index in [1.165, 1.54) is 11.6 Å². The molecule has 0 aromatic rings. The molecule has 1 fully saturated rings. The van der Waals surface area contributed by atoms with E-state index in [1.54, 1.807) is 12.2 Å². The van der Waals surface area contributed by atoms with Crippen LogP contribution in [0.2, 0.25) is 0 Å². The first kappa shape index (κ1) is 28.0. The number of hydrogen-bond donors (Lipinski definition) is 2. The highest BCUT2D eigenvalue weighted by Gasteiger charge is 2.46. The largest absolute Gasteiger partial charge is 0.456 e. The SMILES string of the molecule is C=C1C[C@H](C)C[C@H]2CC=C[C@@H](C/C=C\C(=O)O[C@H]([C@@H](O)/C=C/[C@@H]3CC(C)=CCO3)C[C@@H]3O[C@H]3[C@@H](O)C1)O2. The van der Waals surface area contributed by atoms with Gasteiger partial charge < -0.3 is 29.2 Å². The summed E-state index contributed by atoms with van der Waals surface area (Å²) in [5.74, 6) is -0.141. The number of carbonyl (C=O) groups excluding carboxylic acids is 1. The highest BCUT2D eigenvalue weighted by molar-refractivity contribution is 5.82. The van der Waals surface area contributed by atoms with Gasteiger partial charge in [0.15, 0.2) is 0 Å². The van der Waals surface area contributed by atoms with Crippen LogP contribution < -0.4 is 0 Å². The Labute approximate surface area is 220 Å². The van der Waals surface area contributed by atoms with Gasteiger partial charge in [-0.05, 0) is 51.4 Å². The molecule has 0 saturated carbocycles. The summed E-state index contributed by atoms with van der Waals surface area (Å²) in [5, 5.41) is 21.7. The average molecular weight is 515 g/mol. The van der Waals surface area contributed by atoms with E-state index in [1.807, 2.05) is 18.2 Å². The lowest BCUT2D eigenvalue weighted by Crippen LogP contribution is -2.32. The minimum atomic E-state index is -1.03. The molecule has 9 atom stereocenters. The number of rotatable bonds is 3. The van der Waals surface area contributed by atoms with Crippen molar-refractivity contribution in [2.75, 3.05) is 6.61 Å². The molecule has 0 amide bonds. The van der Waals surface area contributed by atoms with Crippen LogP contribution in [0.15, 0.2) is 60.3 Å². The van der Waals surface area contributed by atoms with Crippen molar-refractivity contribution in [3.63, 3.8) is 0 Å². The second kappa shape index (κ2) is 13.2. The van der Waals surface area contributed by atoms with Crippen molar-refractivity contribution in [1.82, 2.24) is 0 Å². The second-order valence-corrected chi connectivity index (χ2v) is 11.0. The molecule has 4 aliphatic rings. The maximum atomic E-state index is 12.6. The van der Waals surface area contributed by atoms with Gasteiger partial charge in [-0.25, -0.2) is 4.79 Å². The zero-order valence-corrected chi connectivity index (χ0v) is 22.0. The molecule has 0 aromatic heterocycles. The van der Waals surface area contributed by atoms with Crippen LogP contribution in [0.4, 0.5) is 0 Å². The van der Waals surface area contributed by atoms with Crippen LogP contribution in [0.25, 0.3) is 0 Å². The van der Waals surface area contributed by atoms with Crippen molar-refractivity contribution in [1.29, 1.82) is 0 Å². The molecule has 2 N–H and O–H groups in total. The molecule has 2 bridgehead atoms. The van der Waals surface area contributed by atoms with Crippen LogP contribution in [0.1, 0.15) is 58.8 Å². The molecule has 0 radical (unpaired) electrons. The Bertz CT molecular complexity index is 919. The highest BCUT2D eigenvalue weighted by atomic mass is 16.6.